The van der Waals surface area contributed by atoms with Gasteiger partial charge in [0, 0.05) is 13.1 Å². The van der Waals surface area contributed by atoms with Crippen molar-refractivity contribution in [3.05, 3.63) is 0 Å². The average Bonchev–Trinajstić information content (AvgIpc) is 3.23. The number of aliphatic imine (C=N–C) groups is 1. The molecule has 15 nitrogen and oxygen atoms in total. The lowest BCUT2D eigenvalue weighted by atomic mass is 10.1. The van der Waals surface area contributed by atoms with Crippen LogP contribution in [0.3, 0.4) is 0 Å². The summed E-state index contributed by atoms with van der Waals surface area (Å²) in [4.78, 5) is 64.8. The zero-order valence-corrected chi connectivity index (χ0v) is 18.0. The summed E-state index contributed by atoms with van der Waals surface area (Å²) in [5, 5.41) is 32.3. The van der Waals surface area contributed by atoms with Crippen LogP contribution in [-0.2, 0) is 24.0 Å². The van der Waals surface area contributed by atoms with Crippen molar-refractivity contribution in [3.8, 4) is 0 Å². The second kappa shape index (κ2) is 13.2. The second-order valence-electron chi connectivity index (χ2n) is 7.49. The van der Waals surface area contributed by atoms with Crippen molar-refractivity contribution in [1.29, 1.82) is 0 Å². The first-order valence-corrected chi connectivity index (χ1v) is 10.3. The van der Waals surface area contributed by atoms with Crippen LogP contribution in [0.15, 0.2) is 4.99 Å². The fourth-order valence-electron chi connectivity index (χ4n) is 3.26. The van der Waals surface area contributed by atoms with E-state index in [1.807, 2.05) is 0 Å². The summed E-state index contributed by atoms with van der Waals surface area (Å²) >= 11 is 0. The maximum absolute atomic E-state index is 12.6. The van der Waals surface area contributed by atoms with E-state index >= 15 is 0 Å². The minimum absolute atomic E-state index is 0.122. The number of hydrogen-bond acceptors (Lipinski definition) is 8. The Labute approximate surface area is 189 Å². The SMILES string of the molecule is NC(N)=NCCCC(N)C(=O)NC(CC(=O)O)C(=O)NC(CO)C(=O)N1CCCC1C(=O)O. The molecule has 0 aromatic rings. The molecular formula is C18H31N7O8. The summed E-state index contributed by atoms with van der Waals surface area (Å²) < 4.78 is 0. The third-order valence-electron chi connectivity index (χ3n) is 4.93. The fourth-order valence-corrected chi connectivity index (χ4v) is 3.26. The van der Waals surface area contributed by atoms with Gasteiger partial charge in [0.05, 0.1) is 19.1 Å². The number of hydrogen-bond donors (Lipinski definition) is 8. The van der Waals surface area contributed by atoms with Crippen LogP contribution >= 0.6 is 0 Å². The van der Waals surface area contributed by atoms with Gasteiger partial charge in [-0.3, -0.25) is 24.2 Å². The van der Waals surface area contributed by atoms with Gasteiger partial charge in [-0.25, -0.2) is 4.79 Å². The molecule has 0 aromatic carbocycles. The van der Waals surface area contributed by atoms with Crippen molar-refractivity contribution in [3.63, 3.8) is 0 Å². The van der Waals surface area contributed by atoms with Crippen LogP contribution in [0.1, 0.15) is 32.1 Å². The van der Waals surface area contributed by atoms with Gasteiger partial charge in [0.15, 0.2) is 5.96 Å². The third-order valence-corrected chi connectivity index (χ3v) is 4.93. The molecule has 33 heavy (non-hydrogen) atoms. The topological polar surface area (TPSA) is 264 Å². The number of aliphatic carboxylic acids is 2. The van der Waals surface area contributed by atoms with Crippen LogP contribution in [0.5, 0.6) is 0 Å². The van der Waals surface area contributed by atoms with Crippen molar-refractivity contribution in [2.45, 2.75) is 56.3 Å². The molecule has 0 aromatic heterocycles. The van der Waals surface area contributed by atoms with Crippen molar-refractivity contribution < 1.29 is 39.3 Å². The lowest BCUT2D eigenvalue weighted by Crippen LogP contribution is -2.58. The lowest BCUT2D eigenvalue weighted by molar-refractivity contribution is -0.150. The third kappa shape index (κ3) is 8.89. The van der Waals surface area contributed by atoms with Crippen LogP contribution in [0.25, 0.3) is 0 Å². The van der Waals surface area contributed by atoms with Gasteiger partial charge in [0.1, 0.15) is 18.1 Å². The number of amides is 3. The molecule has 11 N–H and O–H groups in total. The van der Waals surface area contributed by atoms with Gasteiger partial charge in [-0.1, -0.05) is 0 Å². The van der Waals surface area contributed by atoms with E-state index < -0.39 is 66.9 Å². The highest BCUT2D eigenvalue weighted by Crippen LogP contribution is 2.18. The summed E-state index contributed by atoms with van der Waals surface area (Å²) in [6.45, 7) is -0.506. The molecule has 186 valence electrons. The number of rotatable bonds is 13. The van der Waals surface area contributed by atoms with Crippen LogP contribution in [0, 0.1) is 0 Å². The van der Waals surface area contributed by atoms with Gasteiger partial charge in [0.25, 0.3) is 0 Å². The van der Waals surface area contributed by atoms with Gasteiger partial charge >= 0.3 is 11.9 Å². The van der Waals surface area contributed by atoms with E-state index in [0.29, 0.717) is 12.8 Å². The Morgan fingerprint density at radius 1 is 1.06 bits per heavy atom. The average molecular weight is 473 g/mol. The van der Waals surface area contributed by atoms with Crippen molar-refractivity contribution in [2.24, 2.45) is 22.2 Å². The van der Waals surface area contributed by atoms with Gasteiger partial charge in [-0.05, 0) is 25.7 Å². The Hall–Kier alpha value is -3.46. The Bertz CT molecular complexity index is 771. The molecule has 4 unspecified atom stereocenters. The standard InChI is InChI=1S/C18H31N7O8/c19-9(3-1-5-22-18(20)21)14(29)23-10(7-13(27)28)15(30)24-11(8-26)16(31)25-6-2-4-12(25)17(32)33/h9-12,26H,1-8,19H2,(H,23,29)(H,24,30)(H,27,28)(H,32,33)(H4,20,21,22). The predicted molar refractivity (Wildman–Crippen MR) is 113 cm³/mol. The van der Waals surface area contributed by atoms with Gasteiger partial charge < -0.3 is 48.1 Å². The van der Waals surface area contributed by atoms with E-state index in [-0.39, 0.29) is 31.9 Å². The van der Waals surface area contributed by atoms with E-state index in [9.17, 15) is 34.2 Å². The molecule has 0 spiro atoms. The van der Waals surface area contributed by atoms with E-state index in [4.69, 9.17) is 22.3 Å². The minimum Gasteiger partial charge on any atom is -0.481 e. The van der Waals surface area contributed by atoms with Gasteiger partial charge in [-0.2, -0.15) is 0 Å². The molecule has 1 aliphatic rings. The fraction of sp³-hybridized carbons (Fsp3) is 0.667. The Kier molecular flexibility index (Phi) is 11.0. The number of likely N-dealkylation sites (tertiary alicyclic amines) is 1. The Balaban J connectivity index is 2.79. The first kappa shape index (κ1) is 27.6. The number of nitrogens with zero attached hydrogens (tertiary/aromatic N) is 2. The molecule has 0 radical (unpaired) electrons. The predicted octanol–water partition coefficient (Wildman–Crippen LogP) is -4.12. The number of aliphatic hydroxyl groups excluding tert-OH is 1. The molecule has 1 rings (SSSR count). The van der Waals surface area contributed by atoms with Crippen LogP contribution in [-0.4, -0.2) is 99.7 Å². The molecule has 1 fully saturated rings. The number of nitrogens with one attached hydrogen (secondary N) is 2. The number of nitrogens with two attached hydrogens (primary N) is 3. The first-order valence-electron chi connectivity index (χ1n) is 10.3. The molecule has 3 amide bonds. The molecular weight excluding hydrogens is 442 g/mol. The van der Waals surface area contributed by atoms with E-state index in [2.05, 4.69) is 15.6 Å². The summed E-state index contributed by atoms with van der Waals surface area (Å²) in [7, 11) is 0. The largest absolute Gasteiger partial charge is 0.481 e. The van der Waals surface area contributed by atoms with Crippen LogP contribution < -0.4 is 27.8 Å². The van der Waals surface area contributed by atoms with Crippen molar-refractivity contribution in [2.75, 3.05) is 19.7 Å². The number of carbonyl (C=O) groups is 5. The number of carbonyl (C=O) groups excluding carboxylic acids is 3. The summed E-state index contributed by atoms with van der Waals surface area (Å²) in [6, 6.07) is -5.28. The first-order chi connectivity index (χ1) is 15.5. The molecule has 0 aliphatic carbocycles. The number of guanidine groups is 1. The Morgan fingerprint density at radius 2 is 1.70 bits per heavy atom. The molecule has 1 heterocycles. The monoisotopic (exact) mass is 473 g/mol. The molecule has 15 heteroatoms. The maximum Gasteiger partial charge on any atom is 0.326 e. The molecule has 0 bridgehead atoms. The molecule has 1 saturated heterocycles. The smallest absolute Gasteiger partial charge is 0.326 e. The Morgan fingerprint density at radius 3 is 2.24 bits per heavy atom. The normalized spacial score (nSPS) is 18.0. The highest BCUT2D eigenvalue weighted by molar-refractivity contribution is 5.95. The van der Waals surface area contributed by atoms with E-state index in [0.717, 1.165) is 4.90 Å². The number of aliphatic hydroxyl groups is 1. The van der Waals surface area contributed by atoms with E-state index in [1.54, 1.807) is 0 Å². The molecule has 1 aliphatic heterocycles. The highest BCUT2D eigenvalue weighted by Gasteiger charge is 2.38. The zero-order chi connectivity index (χ0) is 25.1. The van der Waals surface area contributed by atoms with Crippen LogP contribution in [0.4, 0.5) is 0 Å². The van der Waals surface area contributed by atoms with Crippen molar-refractivity contribution >= 4 is 35.6 Å². The maximum atomic E-state index is 12.6. The number of carboxylic acid groups (broad SMARTS) is 2. The lowest BCUT2D eigenvalue weighted by Gasteiger charge is -2.27. The van der Waals surface area contributed by atoms with E-state index in [1.165, 1.54) is 0 Å². The summed E-state index contributed by atoms with van der Waals surface area (Å²) in [5.41, 5.74) is 16.1. The second-order valence-corrected chi connectivity index (χ2v) is 7.49. The quantitative estimate of drug-likeness (QED) is 0.0723. The highest BCUT2D eigenvalue weighted by atomic mass is 16.4. The summed E-state index contributed by atoms with van der Waals surface area (Å²) in [6.07, 6.45) is 0.350. The summed E-state index contributed by atoms with van der Waals surface area (Å²) in [5.74, 6) is -5.42. The zero-order valence-electron chi connectivity index (χ0n) is 18.0. The van der Waals surface area contributed by atoms with Crippen molar-refractivity contribution in [1.82, 2.24) is 15.5 Å². The minimum atomic E-state index is -1.59. The van der Waals surface area contributed by atoms with Gasteiger partial charge in [0.2, 0.25) is 17.7 Å². The van der Waals surface area contributed by atoms with Gasteiger partial charge in [-0.15, -0.1) is 0 Å². The molecule has 0 saturated carbocycles. The van der Waals surface area contributed by atoms with Crippen LogP contribution in [0.2, 0.25) is 0 Å². The number of carboxylic acids is 2. The molecule has 4 atom stereocenters.